The van der Waals surface area contributed by atoms with E-state index in [0.29, 0.717) is 25.3 Å². The van der Waals surface area contributed by atoms with Crippen LogP contribution in [0.4, 0.5) is 8.78 Å². The Morgan fingerprint density at radius 2 is 1.70 bits per heavy atom. The standard InChI is InChI=1S/C20H21F2NO4/c1-25-18-10-16(17(22)11-19(18)26-2)20(24)15-9-14(21)4-3-13(15)12-23-5-7-27-8-6-23/h3-4,9-11H,5-8,12H2,1-2H3. The van der Waals surface area contributed by atoms with Crippen molar-refractivity contribution in [1.29, 1.82) is 0 Å². The number of hydrogen-bond donors (Lipinski definition) is 0. The third-order valence-electron chi connectivity index (χ3n) is 4.53. The van der Waals surface area contributed by atoms with Crippen molar-refractivity contribution in [3.8, 4) is 11.5 Å². The van der Waals surface area contributed by atoms with Crippen LogP contribution in [0.3, 0.4) is 0 Å². The Morgan fingerprint density at radius 3 is 2.37 bits per heavy atom. The van der Waals surface area contributed by atoms with Gasteiger partial charge in [-0.05, 0) is 23.8 Å². The molecule has 2 aromatic rings. The fourth-order valence-electron chi connectivity index (χ4n) is 3.07. The van der Waals surface area contributed by atoms with E-state index < -0.39 is 17.4 Å². The lowest BCUT2D eigenvalue weighted by Gasteiger charge is -2.27. The monoisotopic (exact) mass is 377 g/mol. The lowest BCUT2D eigenvalue weighted by atomic mass is 9.97. The molecule has 1 saturated heterocycles. The Kier molecular flexibility index (Phi) is 6.03. The number of methoxy groups -OCH3 is 2. The number of nitrogens with zero attached hydrogens (tertiary/aromatic N) is 1. The van der Waals surface area contributed by atoms with Crippen LogP contribution in [-0.2, 0) is 11.3 Å². The van der Waals surface area contributed by atoms with Crippen LogP contribution in [0.1, 0.15) is 21.5 Å². The summed E-state index contributed by atoms with van der Waals surface area (Å²) in [7, 11) is 2.78. The molecule has 1 aliphatic heterocycles. The van der Waals surface area contributed by atoms with Gasteiger partial charge in [-0.15, -0.1) is 0 Å². The highest BCUT2D eigenvalue weighted by atomic mass is 19.1. The third-order valence-corrected chi connectivity index (χ3v) is 4.53. The zero-order valence-corrected chi connectivity index (χ0v) is 15.3. The van der Waals surface area contributed by atoms with Gasteiger partial charge in [-0.2, -0.15) is 0 Å². The zero-order chi connectivity index (χ0) is 19.4. The number of carbonyl (C=O) groups excluding carboxylic acids is 1. The molecule has 1 fully saturated rings. The molecule has 0 aromatic heterocycles. The van der Waals surface area contributed by atoms with E-state index in [1.54, 1.807) is 6.07 Å². The summed E-state index contributed by atoms with van der Waals surface area (Å²) in [5.74, 6) is -1.49. The number of halogens is 2. The number of benzene rings is 2. The van der Waals surface area contributed by atoms with Crippen LogP contribution in [0.15, 0.2) is 30.3 Å². The molecule has 1 aliphatic rings. The van der Waals surface area contributed by atoms with Gasteiger partial charge in [-0.1, -0.05) is 6.07 Å². The molecular weight excluding hydrogens is 356 g/mol. The maximum Gasteiger partial charge on any atom is 0.196 e. The normalized spacial score (nSPS) is 14.8. The van der Waals surface area contributed by atoms with E-state index in [0.717, 1.165) is 25.2 Å². The molecule has 0 unspecified atom stereocenters. The Labute approximate surface area is 156 Å². The molecule has 144 valence electrons. The van der Waals surface area contributed by atoms with Gasteiger partial charge in [-0.25, -0.2) is 8.78 Å². The van der Waals surface area contributed by atoms with Gasteiger partial charge >= 0.3 is 0 Å². The molecule has 5 nitrogen and oxygen atoms in total. The lowest BCUT2D eigenvalue weighted by Crippen LogP contribution is -2.36. The van der Waals surface area contributed by atoms with Gasteiger partial charge in [-0.3, -0.25) is 9.69 Å². The summed E-state index contributed by atoms with van der Waals surface area (Å²) < 4.78 is 43.9. The molecule has 0 radical (unpaired) electrons. The first kappa shape index (κ1) is 19.3. The van der Waals surface area contributed by atoms with Crippen molar-refractivity contribution in [2.24, 2.45) is 0 Å². The maximum atomic E-state index is 14.5. The van der Waals surface area contributed by atoms with Gasteiger partial charge in [0.25, 0.3) is 0 Å². The molecule has 0 saturated carbocycles. The first-order chi connectivity index (χ1) is 13.0. The number of morpholine rings is 1. The van der Waals surface area contributed by atoms with Crippen LogP contribution in [0.5, 0.6) is 11.5 Å². The zero-order valence-electron chi connectivity index (χ0n) is 15.3. The Balaban J connectivity index is 1.97. The number of ether oxygens (including phenoxy) is 3. The second kappa shape index (κ2) is 8.45. The molecule has 0 amide bonds. The van der Waals surface area contributed by atoms with Crippen molar-refractivity contribution in [1.82, 2.24) is 4.90 Å². The minimum atomic E-state index is -0.751. The third kappa shape index (κ3) is 4.26. The maximum absolute atomic E-state index is 14.5. The van der Waals surface area contributed by atoms with Crippen LogP contribution in [-0.4, -0.2) is 51.2 Å². The van der Waals surface area contributed by atoms with Gasteiger partial charge in [0.05, 0.1) is 33.0 Å². The van der Waals surface area contributed by atoms with Crippen LogP contribution >= 0.6 is 0 Å². The highest BCUT2D eigenvalue weighted by Crippen LogP contribution is 2.31. The van der Waals surface area contributed by atoms with Crippen LogP contribution < -0.4 is 9.47 Å². The number of carbonyl (C=O) groups is 1. The first-order valence-electron chi connectivity index (χ1n) is 8.58. The first-order valence-corrected chi connectivity index (χ1v) is 8.58. The smallest absolute Gasteiger partial charge is 0.196 e. The Bertz CT molecular complexity index is 835. The average Bonchev–Trinajstić information content (AvgIpc) is 2.69. The molecule has 27 heavy (non-hydrogen) atoms. The molecule has 2 aromatic carbocycles. The molecular formula is C20H21F2NO4. The summed E-state index contributed by atoms with van der Waals surface area (Å²) in [4.78, 5) is 15.1. The van der Waals surface area contributed by atoms with Crippen molar-refractivity contribution in [3.05, 3.63) is 58.7 Å². The van der Waals surface area contributed by atoms with Gasteiger partial charge in [0.2, 0.25) is 0 Å². The lowest BCUT2D eigenvalue weighted by molar-refractivity contribution is 0.0341. The summed E-state index contributed by atoms with van der Waals surface area (Å²) in [6, 6.07) is 6.38. The molecule has 3 rings (SSSR count). The van der Waals surface area contributed by atoms with Crippen LogP contribution in [0, 0.1) is 11.6 Å². The highest BCUT2D eigenvalue weighted by molar-refractivity contribution is 6.10. The predicted octanol–water partition coefficient (Wildman–Crippen LogP) is 3.05. The molecule has 0 spiro atoms. The fourth-order valence-corrected chi connectivity index (χ4v) is 3.07. The van der Waals surface area contributed by atoms with Gasteiger partial charge in [0.15, 0.2) is 17.3 Å². The Hall–Kier alpha value is -2.51. The summed E-state index contributed by atoms with van der Waals surface area (Å²) in [6.07, 6.45) is 0. The minimum absolute atomic E-state index is 0.132. The van der Waals surface area contributed by atoms with Crippen molar-refractivity contribution in [2.45, 2.75) is 6.54 Å². The van der Waals surface area contributed by atoms with E-state index in [9.17, 15) is 13.6 Å². The van der Waals surface area contributed by atoms with E-state index in [1.807, 2.05) is 0 Å². The van der Waals surface area contributed by atoms with Gasteiger partial charge < -0.3 is 14.2 Å². The van der Waals surface area contributed by atoms with Crippen LogP contribution in [0.25, 0.3) is 0 Å². The molecule has 0 N–H and O–H groups in total. The van der Waals surface area contributed by atoms with Crippen LogP contribution in [0.2, 0.25) is 0 Å². The SMILES string of the molecule is COc1cc(F)c(C(=O)c2cc(F)ccc2CN2CCOCC2)cc1OC. The van der Waals surface area contributed by atoms with Crippen molar-refractivity contribution in [3.63, 3.8) is 0 Å². The molecule has 0 atom stereocenters. The van der Waals surface area contributed by atoms with E-state index in [1.165, 1.54) is 26.4 Å². The molecule has 0 bridgehead atoms. The summed E-state index contributed by atoms with van der Waals surface area (Å²) in [5.41, 5.74) is 0.576. The van der Waals surface area contributed by atoms with Crippen molar-refractivity contribution < 1.29 is 27.8 Å². The minimum Gasteiger partial charge on any atom is -0.493 e. The van der Waals surface area contributed by atoms with Gasteiger partial charge in [0.1, 0.15) is 11.6 Å². The fraction of sp³-hybridized carbons (Fsp3) is 0.350. The van der Waals surface area contributed by atoms with E-state index in [-0.39, 0.29) is 22.6 Å². The quantitative estimate of drug-likeness (QED) is 0.725. The highest BCUT2D eigenvalue weighted by Gasteiger charge is 2.22. The summed E-state index contributed by atoms with van der Waals surface area (Å²) in [6.45, 7) is 3.11. The summed E-state index contributed by atoms with van der Waals surface area (Å²) >= 11 is 0. The summed E-state index contributed by atoms with van der Waals surface area (Å²) in [5, 5.41) is 0. The van der Waals surface area contributed by atoms with Crippen molar-refractivity contribution >= 4 is 5.78 Å². The van der Waals surface area contributed by atoms with Crippen molar-refractivity contribution in [2.75, 3.05) is 40.5 Å². The van der Waals surface area contributed by atoms with E-state index >= 15 is 0 Å². The second-order valence-electron chi connectivity index (χ2n) is 6.21. The largest absolute Gasteiger partial charge is 0.493 e. The van der Waals surface area contributed by atoms with Gasteiger partial charge in [0, 0.05) is 31.3 Å². The number of ketones is 1. The number of hydrogen-bond acceptors (Lipinski definition) is 5. The molecule has 1 heterocycles. The second-order valence-corrected chi connectivity index (χ2v) is 6.21. The Morgan fingerprint density at radius 1 is 1.04 bits per heavy atom. The average molecular weight is 377 g/mol. The number of rotatable bonds is 6. The van der Waals surface area contributed by atoms with E-state index in [2.05, 4.69) is 4.90 Å². The molecule has 0 aliphatic carbocycles. The molecule has 7 heteroatoms. The van der Waals surface area contributed by atoms with E-state index in [4.69, 9.17) is 14.2 Å². The predicted molar refractivity (Wildman–Crippen MR) is 95.4 cm³/mol. The topological polar surface area (TPSA) is 48.0 Å².